The Bertz CT molecular complexity index is 116. The van der Waals surface area contributed by atoms with E-state index in [0.29, 0.717) is 19.6 Å². The van der Waals surface area contributed by atoms with Crippen LogP contribution in [0.3, 0.4) is 0 Å². The van der Waals surface area contributed by atoms with Crippen molar-refractivity contribution < 1.29 is 14.6 Å². The van der Waals surface area contributed by atoms with E-state index in [1.807, 2.05) is 0 Å². The molecular weight excluding hydrogens is 146 g/mol. The van der Waals surface area contributed by atoms with Crippen molar-refractivity contribution in [1.29, 1.82) is 0 Å². The third kappa shape index (κ3) is 7.29. The summed E-state index contributed by atoms with van der Waals surface area (Å²) in [4.78, 5) is 10.4. The largest absolute Gasteiger partial charge is 0.391 e. The molecule has 0 fully saturated rings. The maximum Gasteiger partial charge on any atom is 0.216 e. The third-order valence-electron chi connectivity index (χ3n) is 1.21. The lowest BCUT2D eigenvalue weighted by Crippen LogP contribution is -2.26. The van der Waals surface area contributed by atoms with Gasteiger partial charge in [-0.15, -0.1) is 0 Å². The number of nitrogens with one attached hydrogen (secondary N) is 1. The average Bonchev–Trinajstić information content (AvgIpc) is 1.87. The standard InChI is InChI=1S/C7H15NO3/c1-6(9)8-4-3-7(10)5-11-2/h7,10H,3-5H2,1-2H3,(H,8,9). The highest BCUT2D eigenvalue weighted by molar-refractivity contribution is 5.72. The van der Waals surface area contributed by atoms with Gasteiger partial charge in [-0.3, -0.25) is 4.79 Å². The Labute approximate surface area is 66.5 Å². The van der Waals surface area contributed by atoms with Crippen LogP contribution in [-0.2, 0) is 9.53 Å². The Morgan fingerprint density at radius 1 is 1.73 bits per heavy atom. The second kappa shape index (κ2) is 6.12. The van der Waals surface area contributed by atoms with Gasteiger partial charge in [-0.1, -0.05) is 0 Å². The van der Waals surface area contributed by atoms with Crippen LogP contribution in [0.2, 0.25) is 0 Å². The van der Waals surface area contributed by atoms with Crippen molar-refractivity contribution >= 4 is 5.91 Å². The highest BCUT2D eigenvalue weighted by Gasteiger charge is 2.02. The predicted molar refractivity (Wildman–Crippen MR) is 41.2 cm³/mol. The van der Waals surface area contributed by atoms with Gasteiger partial charge in [-0.2, -0.15) is 0 Å². The molecule has 0 rings (SSSR count). The molecular formula is C7H15NO3. The molecule has 0 saturated heterocycles. The van der Waals surface area contributed by atoms with Crippen LogP contribution in [0.15, 0.2) is 0 Å². The van der Waals surface area contributed by atoms with Crippen molar-refractivity contribution in [3.05, 3.63) is 0 Å². The topological polar surface area (TPSA) is 58.6 Å². The predicted octanol–water partition coefficient (Wildman–Crippen LogP) is -0.480. The fourth-order valence-electron chi connectivity index (χ4n) is 0.691. The lowest BCUT2D eigenvalue weighted by molar-refractivity contribution is -0.119. The Morgan fingerprint density at radius 3 is 2.82 bits per heavy atom. The highest BCUT2D eigenvalue weighted by Crippen LogP contribution is 1.89. The number of carbonyl (C=O) groups is 1. The van der Waals surface area contributed by atoms with Crippen LogP contribution in [0.5, 0.6) is 0 Å². The van der Waals surface area contributed by atoms with Crippen molar-refractivity contribution in [3.8, 4) is 0 Å². The number of aliphatic hydroxyl groups is 1. The number of amides is 1. The molecule has 66 valence electrons. The molecule has 0 bridgehead atoms. The van der Waals surface area contributed by atoms with Crippen molar-refractivity contribution in [2.75, 3.05) is 20.3 Å². The molecule has 0 aliphatic rings. The fraction of sp³-hybridized carbons (Fsp3) is 0.857. The molecule has 0 radical (unpaired) electrons. The summed E-state index contributed by atoms with van der Waals surface area (Å²) >= 11 is 0. The van der Waals surface area contributed by atoms with E-state index in [4.69, 9.17) is 9.84 Å². The van der Waals surface area contributed by atoms with E-state index in [2.05, 4.69) is 5.32 Å². The van der Waals surface area contributed by atoms with Crippen LogP contribution in [0.4, 0.5) is 0 Å². The molecule has 4 nitrogen and oxygen atoms in total. The minimum atomic E-state index is -0.480. The highest BCUT2D eigenvalue weighted by atomic mass is 16.5. The fourth-order valence-corrected chi connectivity index (χ4v) is 0.691. The van der Waals surface area contributed by atoms with Gasteiger partial charge in [-0.25, -0.2) is 0 Å². The molecule has 0 aromatic rings. The lowest BCUT2D eigenvalue weighted by atomic mass is 10.3. The molecule has 0 heterocycles. The van der Waals surface area contributed by atoms with Gasteiger partial charge in [0.2, 0.25) is 5.91 Å². The lowest BCUT2D eigenvalue weighted by Gasteiger charge is -2.08. The second-order valence-electron chi connectivity index (χ2n) is 2.38. The van der Waals surface area contributed by atoms with E-state index >= 15 is 0 Å². The first-order chi connectivity index (χ1) is 5.16. The molecule has 1 atom stereocenters. The van der Waals surface area contributed by atoms with Gasteiger partial charge in [0.15, 0.2) is 0 Å². The first-order valence-electron chi connectivity index (χ1n) is 3.58. The number of ether oxygens (including phenoxy) is 1. The Hall–Kier alpha value is -0.610. The van der Waals surface area contributed by atoms with E-state index in [0.717, 1.165) is 0 Å². The van der Waals surface area contributed by atoms with Gasteiger partial charge in [0.25, 0.3) is 0 Å². The zero-order chi connectivity index (χ0) is 8.69. The molecule has 0 aromatic heterocycles. The first-order valence-corrected chi connectivity index (χ1v) is 3.58. The molecule has 0 spiro atoms. The van der Waals surface area contributed by atoms with E-state index in [-0.39, 0.29) is 5.91 Å². The van der Waals surface area contributed by atoms with Crippen LogP contribution in [0.1, 0.15) is 13.3 Å². The maximum atomic E-state index is 10.4. The molecule has 2 N–H and O–H groups in total. The van der Waals surface area contributed by atoms with Crippen molar-refractivity contribution in [3.63, 3.8) is 0 Å². The Kier molecular flexibility index (Phi) is 5.78. The normalized spacial score (nSPS) is 12.6. The van der Waals surface area contributed by atoms with Gasteiger partial charge >= 0.3 is 0 Å². The summed E-state index contributed by atoms with van der Waals surface area (Å²) in [6.07, 6.45) is 0.0554. The molecule has 0 saturated carbocycles. The Morgan fingerprint density at radius 2 is 2.36 bits per heavy atom. The average molecular weight is 161 g/mol. The summed E-state index contributed by atoms with van der Waals surface area (Å²) < 4.78 is 4.70. The van der Waals surface area contributed by atoms with Crippen LogP contribution >= 0.6 is 0 Å². The number of aliphatic hydroxyl groups excluding tert-OH is 1. The molecule has 4 heteroatoms. The van der Waals surface area contributed by atoms with Gasteiger partial charge < -0.3 is 15.2 Å². The van der Waals surface area contributed by atoms with Crippen LogP contribution < -0.4 is 5.32 Å². The third-order valence-corrected chi connectivity index (χ3v) is 1.21. The van der Waals surface area contributed by atoms with Crippen molar-refractivity contribution in [2.24, 2.45) is 0 Å². The van der Waals surface area contributed by atoms with Crippen LogP contribution in [0.25, 0.3) is 0 Å². The molecule has 1 amide bonds. The number of rotatable bonds is 5. The summed E-state index contributed by atoms with van der Waals surface area (Å²) in [5.74, 6) is -0.0744. The van der Waals surface area contributed by atoms with Gasteiger partial charge in [0, 0.05) is 20.6 Å². The van der Waals surface area contributed by atoms with Crippen LogP contribution in [0, 0.1) is 0 Å². The van der Waals surface area contributed by atoms with E-state index < -0.39 is 6.10 Å². The summed E-state index contributed by atoms with van der Waals surface area (Å²) in [6, 6.07) is 0. The summed E-state index contributed by atoms with van der Waals surface area (Å²) in [6.45, 7) is 2.27. The minimum absolute atomic E-state index is 0.0744. The van der Waals surface area contributed by atoms with E-state index in [1.165, 1.54) is 14.0 Å². The molecule has 0 aromatic carbocycles. The van der Waals surface area contributed by atoms with Crippen molar-refractivity contribution in [1.82, 2.24) is 5.32 Å². The van der Waals surface area contributed by atoms with E-state index in [1.54, 1.807) is 0 Å². The first kappa shape index (κ1) is 10.4. The van der Waals surface area contributed by atoms with Gasteiger partial charge in [0.05, 0.1) is 12.7 Å². The zero-order valence-corrected chi connectivity index (χ0v) is 6.96. The number of carbonyl (C=O) groups excluding carboxylic acids is 1. The monoisotopic (exact) mass is 161 g/mol. The SMILES string of the molecule is COCC(O)CCNC(C)=O. The zero-order valence-electron chi connectivity index (χ0n) is 6.96. The number of hydrogen-bond acceptors (Lipinski definition) is 3. The van der Waals surface area contributed by atoms with Crippen LogP contribution in [-0.4, -0.2) is 37.4 Å². The number of hydrogen-bond donors (Lipinski definition) is 2. The summed E-state index contributed by atoms with van der Waals surface area (Å²) in [7, 11) is 1.53. The maximum absolute atomic E-state index is 10.4. The van der Waals surface area contributed by atoms with E-state index in [9.17, 15) is 4.79 Å². The van der Waals surface area contributed by atoms with Crippen molar-refractivity contribution in [2.45, 2.75) is 19.4 Å². The van der Waals surface area contributed by atoms with Gasteiger partial charge in [0.1, 0.15) is 0 Å². The Balaban J connectivity index is 3.16. The smallest absolute Gasteiger partial charge is 0.216 e. The quantitative estimate of drug-likeness (QED) is 0.572. The molecule has 11 heavy (non-hydrogen) atoms. The summed E-state index contributed by atoms with van der Waals surface area (Å²) in [5.41, 5.74) is 0. The second-order valence-corrected chi connectivity index (χ2v) is 2.38. The summed E-state index contributed by atoms with van der Waals surface area (Å²) in [5, 5.41) is 11.7. The molecule has 0 aliphatic carbocycles. The molecule has 0 aliphatic heterocycles. The molecule has 1 unspecified atom stereocenters. The van der Waals surface area contributed by atoms with Gasteiger partial charge in [-0.05, 0) is 6.42 Å². The minimum Gasteiger partial charge on any atom is -0.391 e. The number of methoxy groups -OCH3 is 1.